The molecule has 74 valence electrons. The van der Waals surface area contributed by atoms with E-state index in [2.05, 4.69) is 0 Å². The van der Waals surface area contributed by atoms with Gasteiger partial charge in [0, 0.05) is 12.7 Å². The summed E-state index contributed by atoms with van der Waals surface area (Å²) in [6.45, 7) is 2.41. The molecule has 5 heteroatoms. The normalized spacial score (nSPS) is 17.4. The molecule has 0 unspecified atom stereocenters. The van der Waals surface area contributed by atoms with Gasteiger partial charge in [0.25, 0.3) is 0 Å². The maximum absolute atomic E-state index is 11.4. The molecule has 4 nitrogen and oxygen atoms in total. The van der Waals surface area contributed by atoms with Gasteiger partial charge in [-0.05, 0) is 12.5 Å². The second-order valence-electron chi connectivity index (χ2n) is 2.78. The second-order valence-corrected chi connectivity index (χ2v) is 4.99. The minimum absolute atomic E-state index is 0.120. The van der Waals surface area contributed by atoms with Gasteiger partial charge in [-0.25, -0.2) is 8.42 Å². The number of nitrogens with zero attached hydrogens (tertiary/aromatic N) is 1. The predicted molar refractivity (Wildman–Crippen MR) is 52.4 cm³/mol. The molecule has 0 aromatic rings. The molecule has 0 aromatic heterocycles. The van der Waals surface area contributed by atoms with Crippen LogP contribution in [0.15, 0.2) is 23.9 Å². The Morgan fingerprint density at radius 3 is 2.85 bits per heavy atom. The lowest BCUT2D eigenvalue weighted by molar-refractivity contribution is 0.519. The van der Waals surface area contributed by atoms with Crippen LogP contribution in [-0.4, -0.2) is 31.6 Å². The fraction of sp³-hybridized carbons (Fsp3) is 0.500. The molecule has 0 fully saturated rings. The van der Waals surface area contributed by atoms with Crippen molar-refractivity contribution in [3.05, 3.63) is 23.9 Å². The highest BCUT2D eigenvalue weighted by Gasteiger charge is 2.16. The van der Waals surface area contributed by atoms with Gasteiger partial charge < -0.3 is 5.73 Å². The first-order chi connectivity index (χ1) is 6.10. The predicted octanol–water partition coefficient (Wildman–Crippen LogP) is 0.0505. The topological polar surface area (TPSA) is 63.4 Å². The van der Waals surface area contributed by atoms with Gasteiger partial charge in [0.05, 0.1) is 12.3 Å². The highest BCUT2D eigenvalue weighted by Crippen LogP contribution is 2.10. The van der Waals surface area contributed by atoms with E-state index in [1.807, 2.05) is 6.08 Å². The van der Waals surface area contributed by atoms with E-state index in [-0.39, 0.29) is 5.75 Å². The van der Waals surface area contributed by atoms with Crippen molar-refractivity contribution in [2.45, 2.75) is 6.92 Å². The number of nitrogens with two attached hydrogens (primary N) is 1. The lowest BCUT2D eigenvalue weighted by Crippen LogP contribution is -2.30. The van der Waals surface area contributed by atoms with Crippen LogP contribution in [0.2, 0.25) is 0 Å². The molecule has 2 N–H and O–H groups in total. The van der Waals surface area contributed by atoms with Crippen LogP contribution >= 0.6 is 0 Å². The molecule has 1 aliphatic rings. The molecule has 0 atom stereocenters. The maximum Gasteiger partial charge on any atom is 0.234 e. The second kappa shape index (κ2) is 3.93. The summed E-state index contributed by atoms with van der Waals surface area (Å²) < 4.78 is 24.2. The molecule has 0 saturated heterocycles. The lowest BCUT2D eigenvalue weighted by atomic mass is 10.2. The highest BCUT2D eigenvalue weighted by molar-refractivity contribution is 7.89. The van der Waals surface area contributed by atoms with Crippen LogP contribution in [0.1, 0.15) is 6.92 Å². The van der Waals surface area contributed by atoms with Crippen molar-refractivity contribution in [2.75, 3.05) is 18.8 Å². The number of hydrogen-bond donors (Lipinski definition) is 1. The summed E-state index contributed by atoms with van der Waals surface area (Å²) >= 11 is 0. The van der Waals surface area contributed by atoms with E-state index in [0.29, 0.717) is 13.1 Å². The summed E-state index contributed by atoms with van der Waals surface area (Å²) in [7, 11) is -3.11. The van der Waals surface area contributed by atoms with Gasteiger partial charge in [0.1, 0.15) is 0 Å². The Labute approximate surface area is 78.8 Å². The summed E-state index contributed by atoms with van der Waals surface area (Å²) in [6.07, 6.45) is 5.25. The summed E-state index contributed by atoms with van der Waals surface area (Å²) in [6, 6.07) is 0. The van der Waals surface area contributed by atoms with Crippen molar-refractivity contribution >= 4 is 10.0 Å². The van der Waals surface area contributed by atoms with E-state index < -0.39 is 10.0 Å². The van der Waals surface area contributed by atoms with Crippen LogP contribution in [0, 0.1) is 0 Å². The monoisotopic (exact) mass is 202 g/mol. The van der Waals surface area contributed by atoms with Gasteiger partial charge in [-0.2, -0.15) is 0 Å². The average molecular weight is 202 g/mol. The van der Waals surface area contributed by atoms with Crippen LogP contribution < -0.4 is 5.73 Å². The summed E-state index contributed by atoms with van der Waals surface area (Å²) in [5.41, 5.74) is 6.25. The molecule has 1 heterocycles. The maximum atomic E-state index is 11.4. The Kier molecular flexibility index (Phi) is 3.11. The fourth-order valence-corrected chi connectivity index (χ4v) is 2.01. The number of rotatable bonds is 3. The third-order valence-corrected chi connectivity index (χ3v) is 3.58. The van der Waals surface area contributed by atoms with E-state index in [9.17, 15) is 8.42 Å². The van der Waals surface area contributed by atoms with E-state index in [1.54, 1.807) is 19.2 Å². The molecule has 1 rings (SSSR count). The molecule has 13 heavy (non-hydrogen) atoms. The summed E-state index contributed by atoms with van der Waals surface area (Å²) in [5, 5.41) is 0. The molecule has 0 saturated carbocycles. The first-order valence-corrected chi connectivity index (χ1v) is 5.78. The van der Waals surface area contributed by atoms with Crippen molar-refractivity contribution in [1.82, 2.24) is 4.31 Å². The van der Waals surface area contributed by atoms with E-state index >= 15 is 0 Å². The van der Waals surface area contributed by atoms with Crippen molar-refractivity contribution < 1.29 is 8.42 Å². The van der Waals surface area contributed by atoms with Gasteiger partial charge >= 0.3 is 0 Å². The first kappa shape index (κ1) is 10.3. The number of hydrogen-bond acceptors (Lipinski definition) is 3. The molecule has 0 spiro atoms. The zero-order chi connectivity index (χ0) is 9.90. The number of sulfonamides is 1. The Morgan fingerprint density at radius 1 is 1.62 bits per heavy atom. The van der Waals surface area contributed by atoms with Gasteiger partial charge in [0.15, 0.2) is 0 Å². The zero-order valence-electron chi connectivity index (χ0n) is 7.60. The quantitative estimate of drug-likeness (QED) is 0.703. The van der Waals surface area contributed by atoms with E-state index in [4.69, 9.17) is 5.73 Å². The summed E-state index contributed by atoms with van der Waals surface area (Å²) in [5.74, 6) is 0.120. The van der Waals surface area contributed by atoms with Gasteiger partial charge in [0.2, 0.25) is 10.0 Å². The fourth-order valence-electron chi connectivity index (χ4n) is 1.07. The molecule has 0 amide bonds. The smallest absolute Gasteiger partial charge is 0.234 e. The molecular formula is C8H14N2O2S. The Hall–Kier alpha value is -0.810. The molecule has 0 aliphatic carbocycles. The molecule has 0 radical (unpaired) electrons. The molecular weight excluding hydrogens is 188 g/mol. The first-order valence-electron chi connectivity index (χ1n) is 4.17. The van der Waals surface area contributed by atoms with Crippen LogP contribution in [0.3, 0.4) is 0 Å². The van der Waals surface area contributed by atoms with Crippen molar-refractivity contribution in [2.24, 2.45) is 5.73 Å². The molecule has 1 aliphatic heterocycles. The third kappa shape index (κ3) is 2.32. The third-order valence-electron chi connectivity index (χ3n) is 1.88. The van der Waals surface area contributed by atoms with Crippen molar-refractivity contribution in [3.63, 3.8) is 0 Å². The molecule has 0 bridgehead atoms. The zero-order valence-corrected chi connectivity index (χ0v) is 8.42. The average Bonchev–Trinajstić information content (AvgIpc) is 2.18. The minimum Gasteiger partial charge on any atom is -0.326 e. The lowest BCUT2D eigenvalue weighted by Gasteiger charge is -2.21. The largest absolute Gasteiger partial charge is 0.326 e. The van der Waals surface area contributed by atoms with Gasteiger partial charge in [-0.15, -0.1) is 0 Å². The Bertz CT molecular complexity index is 330. The SMILES string of the molecule is CCS(=O)(=O)N1C=C(CN)C=CC1. The van der Waals surface area contributed by atoms with Crippen LogP contribution in [0.4, 0.5) is 0 Å². The van der Waals surface area contributed by atoms with Crippen molar-refractivity contribution in [3.8, 4) is 0 Å². The Balaban J connectivity index is 2.87. The highest BCUT2D eigenvalue weighted by atomic mass is 32.2. The van der Waals surface area contributed by atoms with Crippen LogP contribution in [-0.2, 0) is 10.0 Å². The van der Waals surface area contributed by atoms with E-state index in [1.165, 1.54) is 4.31 Å². The minimum atomic E-state index is -3.11. The standard InChI is InChI=1S/C8H14N2O2S/c1-2-13(11,12)10-5-3-4-8(6-9)7-10/h3-4,7H,2,5-6,9H2,1H3. The van der Waals surface area contributed by atoms with Gasteiger partial charge in [-0.1, -0.05) is 12.2 Å². The molecule has 0 aromatic carbocycles. The van der Waals surface area contributed by atoms with Crippen LogP contribution in [0.25, 0.3) is 0 Å². The van der Waals surface area contributed by atoms with Crippen LogP contribution in [0.5, 0.6) is 0 Å². The van der Waals surface area contributed by atoms with Crippen molar-refractivity contribution in [1.29, 1.82) is 0 Å². The Morgan fingerprint density at radius 2 is 2.31 bits per heavy atom. The summed E-state index contributed by atoms with van der Waals surface area (Å²) in [4.78, 5) is 0. The van der Waals surface area contributed by atoms with E-state index in [0.717, 1.165) is 5.57 Å². The van der Waals surface area contributed by atoms with Gasteiger partial charge in [-0.3, -0.25) is 4.31 Å².